The van der Waals surface area contributed by atoms with Crippen LogP contribution in [0.25, 0.3) is 0 Å². The second-order valence-electron chi connectivity index (χ2n) is 3.08. The van der Waals surface area contributed by atoms with Gasteiger partial charge in [-0.15, -0.1) is 0 Å². The minimum absolute atomic E-state index is 0.525. The molecule has 0 fully saturated rings. The predicted octanol–water partition coefficient (Wildman–Crippen LogP) is 2.06. The Morgan fingerprint density at radius 2 is 2.29 bits per heavy atom. The molecule has 2 aromatic rings. The van der Waals surface area contributed by atoms with Crippen LogP contribution in [0.1, 0.15) is 11.5 Å². The second kappa shape index (κ2) is 3.80. The van der Waals surface area contributed by atoms with E-state index >= 15 is 0 Å². The largest absolute Gasteiger partial charge is 0.338 e. The van der Waals surface area contributed by atoms with E-state index in [1.54, 1.807) is 12.3 Å². The number of rotatable bonds is 2. The van der Waals surface area contributed by atoms with E-state index < -0.39 is 0 Å². The first-order valence-corrected chi connectivity index (χ1v) is 4.71. The third-order valence-electron chi connectivity index (χ3n) is 2.03. The van der Waals surface area contributed by atoms with Crippen LogP contribution in [0.5, 0.6) is 0 Å². The van der Waals surface area contributed by atoms with Crippen molar-refractivity contribution < 1.29 is 0 Å². The molecule has 0 spiro atoms. The molecule has 0 saturated carbocycles. The summed E-state index contributed by atoms with van der Waals surface area (Å²) in [6.07, 6.45) is 4.41. The van der Waals surface area contributed by atoms with Gasteiger partial charge in [-0.2, -0.15) is 0 Å². The van der Waals surface area contributed by atoms with E-state index in [-0.39, 0.29) is 0 Å². The number of pyridine rings is 1. The zero-order chi connectivity index (χ0) is 9.97. The first kappa shape index (κ1) is 9.21. The highest BCUT2D eigenvalue weighted by molar-refractivity contribution is 6.29. The van der Waals surface area contributed by atoms with E-state index in [1.165, 1.54) is 0 Å². The van der Waals surface area contributed by atoms with Crippen LogP contribution in [0.3, 0.4) is 0 Å². The molecule has 3 nitrogen and oxygen atoms in total. The van der Waals surface area contributed by atoms with Crippen molar-refractivity contribution in [2.45, 2.75) is 6.42 Å². The Morgan fingerprint density at radius 3 is 2.93 bits per heavy atom. The van der Waals surface area contributed by atoms with Gasteiger partial charge in [0.15, 0.2) is 0 Å². The lowest BCUT2D eigenvalue weighted by molar-refractivity contribution is 0.811. The lowest BCUT2D eigenvalue weighted by Crippen LogP contribution is -2.00. The van der Waals surface area contributed by atoms with Crippen LogP contribution in [-0.2, 0) is 13.5 Å². The number of aryl methyl sites for hydroxylation is 1. The quantitative estimate of drug-likeness (QED) is 0.706. The molecule has 4 heteroatoms. The fourth-order valence-corrected chi connectivity index (χ4v) is 1.46. The number of halogens is 1. The van der Waals surface area contributed by atoms with E-state index in [2.05, 4.69) is 9.97 Å². The van der Waals surface area contributed by atoms with Gasteiger partial charge in [0.2, 0.25) is 0 Å². The Labute approximate surface area is 87.4 Å². The molecule has 0 saturated heterocycles. The van der Waals surface area contributed by atoms with Crippen molar-refractivity contribution in [1.82, 2.24) is 14.5 Å². The number of imidazole rings is 1. The molecule has 0 aliphatic rings. The summed E-state index contributed by atoms with van der Waals surface area (Å²) in [4.78, 5) is 8.42. The van der Waals surface area contributed by atoms with Crippen molar-refractivity contribution in [3.8, 4) is 0 Å². The van der Waals surface area contributed by atoms with Gasteiger partial charge < -0.3 is 4.57 Å². The topological polar surface area (TPSA) is 30.7 Å². The highest BCUT2D eigenvalue weighted by Gasteiger charge is 2.02. The van der Waals surface area contributed by atoms with Gasteiger partial charge in [0, 0.05) is 31.6 Å². The van der Waals surface area contributed by atoms with Gasteiger partial charge in [-0.1, -0.05) is 17.7 Å². The van der Waals surface area contributed by atoms with Crippen LogP contribution in [0.2, 0.25) is 5.15 Å². The molecule has 2 heterocycles. The average Bonchev–Trinajstić information content (AvgIpc) is 2.52. The zero-order valence-electron chi connectivity index (χ0n) is 7.81. The first-order valence-electron chi connectivity index (χ1n) is 4.33. The third kappa shape index (κ3) is 1.93. The molecule has 0 atom stereocenters. The summed E-state index contributed by atoms with van der Waals surface area (Å²) in [5.74, 6) is 0.986. The van der Waals surface area contributed by atoms with Crippen molar-refractivity contribution in [3.63, 3.8) is 0 Å². The highest BCUT2D eigenvalue weighted by atomic mass is 35.5. The van der Waals surface area contributed by atoms with Crippen LogP contribution in [-0.4, -0.2) is 14.5 Å². The molecule has 0 unspecified atom stereocenters. The van der Waals surface area contributed by atoms with Gasteiger partial charge in [0.1, 0.15) is 11.0 Å². The SMILES string of the molecule is Cn1ccnc1Cc1cccc(Cl)n1. The Hall–Kier alpha value is -1.35. The predicted molar refractivity (Wildman–Crippen MR) is 55.3 cm³/mol. The van der Waals surface area contributed by atoms with Crippen molar-refractivity contribution in [2.75, 3.05) is 0 Å². The van der Waals surface area contributed by atoms with Gasteiger partial charge in [-0.05, 0) is 12.1 Å². The van der Waals surface area contributed by atoms with Gasteiger partial charge in [0.05, 0.1) is 0 Å². The molecular formula is C10H10ClN3. The van der Waals surface area contributed by atoms with E-state index in [4.69, 9.17) is 11.6 Å². The molecule has 0 bridgehead atoms. The molecule has 2 rings (SSSR count). The Morgan fingerprint density at radius 1 is 1.43 bits per heavy atom. The van der Waals surface area contributed by atoms with Crippen molar-refractivity contribution in [2.24, 2.45) is 7.05 Å². The summed E-state index contributed by atoms with van der Waals surface area (Å²) in [7, 11) is 1.97. The summed E-state index contributed by atoms with van der Waals surface area (Å²) in [6, 6.07) is 5.61. The Balaban J connectivity index is 2.23. The van der Waals surface area contributed by atoms with E-state index in [9.17, 15) is 0 Å². The molecule has 14 heavy (non-hydrogen) atoms. The lowest BCUT2D eigenvalue weighted by Gasteiger charge is -2.01. The summed E-state index contributed by atoms with van der Waals surface area (Å²) >= 11 is 5.79. The minimum atomic E-state index is 0.525. The standard InChI is InChI=1S/C10H10ClN3/c1-14-6-5-12-10(14)7-8-3-2-4-9(11)13-8/h2-6H,7H2,1H3. The maximum absolute atomic E-state index is 5.79. The van der Waals surface area contributed by atoms with Crippen LogP contribution < -0.4 is 0 Å². The monoisotopic (exact) mass is 207 g/mol. The maximum atomic E-state index is 5.79. The third-order valence-corrected chi connectivity index (χ3v) is 2.24. The second-order valence-corrected chi connectivity index (χ2v) is 3.47. The fourth-order valence-electron chi connectivity index (χ4n) is 1.28. The number of aromatic nitrogens is 3. The van der Waals surface area contributed by atoms with Crippen LogP contribution in [0.15, 0.2) is 30.6 Å². The Kier molecular flexibility index (Phi) is 2.50. The minimum Gasteiger partial charge on any atom is -0.338 e. The van der Waals surface area contributed by atoms with Gasteiger partial charge >= 0.3 is 0 Å². The Bertz CT molecular complexity index is 436. The van der Waals surface area contributed by atoms with Crippen molar-refractivity contribution in [3.05, 3.63) is 47.3 Å². The number of nitrogens with zero attached hydrogens (tertiary/aromatic N) is 3. The molecule has 72 valence electrons. The number of hydrogen-bond donors (Lipinski definition) is 0. The molecule has 2 aromatic heterocycles. The maximum Gasteiger partial charge on any atom is 0.129 e. The first-order chi connectivity index (χ1) is 6.75. The summed E-state index contributed by atoms with van der Waals surface area (Å²) in [6.45, 7) is 0. The van der Waals surface area contributed by atoms with Crippen LogP contribution in [0.4, 0.5) is 0 Å². The van der Waals surface area contributed by atoms with Crippen molar-refractivity contribution in [1.29, 1.82) is 0 Å². The van der Waals surface area contributed by atoms with Crippen LogP contribution >= 0.6 is 11.6 Å². The van der Waals surface area contributed by atoms with Crippen LogP contribution in [0, 0.1) is 0 Å². The smallest absolute Gasteiger partial charge is 0.129 e. The molecule has 0 aliphatic carbocycles. The molecule has 0 amide bonds. The van der Waals surface area contributed by atoms with E-state index in [0.717, 1.165) is 11.5 Å². The highest BCUT2D eigenvalue weighted by Crippen LogP contribution is 2.08. The summed E-state index contributed by atoms with van der Waals surface area (Å²) in [5, 5.41) is 0.525. The van der Waals surface area contributed by atoms with Crippen molar-refractivity contribution >= 4 is 11.6 Å². The molecule has 0 aromatic carbocycles. The lowest BCUT2D eigenvalue weighted by atomic mass is 10.2. The van der Waals surface area contributed by atoms with E-state index in [0.29, 0.717) is 11.6 Å². The van der Waals surface area contributed by atoms with Gasteiger partial charge in [-0.25, -0.2) is 9.97 Å². The molecular weight excluding hydrogens is 198 g/mol. The summed E-state index contributed by atoms with van der Waals surface area (Å²) in [5.41, 5.74) is 0.937. The molecule has 0 aliphatic heterocycles. The van der Waals surface area contributed by atoms with Gasteiger partial charge in [-0.3, -0.25) is 0 Å². The van der Waals surface area contributed by atoms with Gasteiger partial charge in [0.25, 0.3) is 0 Å². The summed E-state index contributed by atoms with van der Waals surface area (Å²) < 4.78 is 1.97. The van der Waals surface area contributed by atoms with E-state index in [1.807, 2.05) is 29.9 Å². The number of hydrogen-bond acceptors (Lipinski definition) is 2. The average molecular weight is 208 g/mol. The normalized spacial score (nSPS) is 10.4. The molecule has 0 N–H and O–H groups in total. The molecule has 0 radical (unpaired) electrons. The zero-order valence-corrected chi connectivity index (χ0v) is 8.57. The fraction of sp³-hybridized carbons (Fsp3) is 0.200.